The molecule has 2 aromatic carbocycles. The van der Waals surface area contributed by atoms with Gasteiger partial charge in [-0.25, -0.2) is 4.39 Å². The van der Waals surface area contributed by atoms with Crippen LogP contribution in [-0.2, 0) is 11.2 Å². The number of amides is 2. The molecule has 0 bridgehead atoms. The van der Waals surface area contributed by atoms with E-state index in [2.05, 4.69) is 15.6 Å². The lowest BCUT2D eigenvalue weighted by atomic mass is 10.1. The zero-order valence-electron chi connectivity index (χ0n) is 14.5. The van der Waals surface area contributed by atoms with Gasteiger partial charge in [-0.1, -0.05) is 30.3 Å². The van der Waals surface area contributed by atoms with Gasteiger partial charge in [-0.3, -0.25) is 14.6 Å². The molecule has 1 heterocycles. The quantitative estimate of drug-likeness (QED) is 0.694. The van der Waals surface area contributed by atoms with Gasteiger partial charge in [-0.15, -0.1) is 0 Å². The van der Waals surface area contributed by atoms with Crippen molar-refractivity contribution in [2.45, 2.75) is 12.8 Å². The molecule has 0 aliphatic rings. The van der Waals surface area contributed by atoms with Crippen molar-refractivity contribution < 1.29 is 14.0 Å². The molecule has 136 valence electrons. The largest absolute Gasteiger partial charge is 0.324 e. The summed E-state index contributed by atoms with van der Waals surface area (Å²) in [7, 11) is 0. The molecule has 2 amide bonds. The Kier molecular flexibility index (Phi) is 5.89. The van der Waals surface area contributed by atoms with Crippen LogP contribution < -0.4 is 10.6 Å². The molecule has 3 aromatic rings. The third-order valence-corrected chi connectivity index (χ3v) is 3.95. The molecular formula is C21H18FN3O2. The second kappa shape index (κ2) is 8.71. The predicted octanol–water partition coefficient (Wildman–Crippen LogP) is 4.04. The first kappa shape index (κ1) is 18.3. The van der Waals surface area contributed by atoms with Crippen LogP contribution in [0.1, 0.15) is 22.3 Å². The van der Waals surface area contributed by atoms with Crippen LogP contribution in [0, 0.1) is 5.82 Å². The lowest BCUT2D eigenvalue weighted by molar-refractivity contribution is -0.116. The van der Waals surface area contributed by atoms with Crippen molar-refractivity contribution in [3.63, 3.8) is 0 Å². The van der Waals surface area contributed by atoms with Crippen LogP contribution in [-0.4, -0.2) is 16.8 Å². The molecule has 0 saturated carbocycles. The number of halogens is 1. The number of carbonyl (C=O) groups excluding carboxylic acids is 2. The Balaban J connectivity index is 1.64. The van der Waals surface area contributed by atoms with E-state index in [-0.39, 0.29) is 24.1 Å². The summed E-state index contributed by atoms with van der Waals surface area (Å²) in [5, 5.41) is 5.53. The third kappa shape index (κ3) is 4.98. The third-order valence-electron chi connectivity index (χ3n) is 3.95. The molecule has 3 rings (SSSR count). The van der Waals surface area contributed by atoms with Gasteiger partial charge in [0.1, 0.15) is 5.82 Å². The SMILES string of the molecule is O=C(CCc1ccccc1F)Nc1ccccc1NC(=O)c1cccnc1. The van der Waals surface area contributed by atoms with E-state index in [1.807, 2.05) is 0 Å². The number of anilines is 2. The topological polar surface area (TPSA) is 71.1 Å². The van der Waals surface area contributed by atoms with Crippen LogP contribution in [0.25, 0.3) is 0 Å². The van der Waals surface area contributed by atoms with Crippen LogP contribution in [0.3, 0.4) is 0 Å². The molecular weight excluding hydrogens is 345 g/mol. The highest BCUT2D eigenvalue weighted by atomic mass is 19.1. The van der Waals surface area contributed by atoms with Crippen LogP contribution in [0.2, 0.25) is 0 Å². The van der Waals surface area contributed by atoms with Gasteiger partial charge >= 0.3 is 0 Å². The number of para-hydroxylation sites is 2. The molecule has 5 nitrogen and oxygen atoms in total. The number of rotatable bonds is 6. The van der Waals surface area contributed by atoms with E-state index in [4.69, 9.17) is 0 Å². The van der Waals surface area contributed by atoms with E-state index in [0.29, 0.717) is 28.9 Å². The molecule has 0 aliphatic carbocycles. The Morgan fingerprint density at radius 2 is 1.59 bits per heavy atom. The highest BCUT2D eigenvalue weighted by Crippen LogP contribution is 2.22. The van der Waals surface area contributed by atoms with E-state index in [1.165, 1.54) is 12.3 Å². The monoisotopic (exact) mass is 363 g/mol. The first-order valence-electron chi connectivity index (χ1n) is 8.47. The standard InChI is InChI=1S/C21H18FN3O2/c22-17-8-2-1-6-15(17)11-12-20(26)24-18-9-3-4-10-19(18)25-21(27)16-7-5-13-23-14-16/h1-10,13-14H,11-12H2,(H,24,26)(H,25,27). The maximum Gasteiger partial charge on any atom is 0.257 e. The molecule has 6 heteroatoms. The van der Waals surface area contributed by atoms with E-state index < -0.39 is 0 Å². The van der Waals surface area contributed by atoms with Gasteiger partial charge in [-0.05, 0) is 42.3 Å². The van der Waals surface area contributed by atoms with Crippen molar-refractivity contribution in [1.29, 1.82) is 0 Å². The molecule has 0 saturated heterocycles. The van der Waals surface area contributed by atoms with E-state index in [0.717, 1.165) is 0 Å². The minimum absolute atomic E-state index is 0.131. The summed E-state index contributed by atoms with van der Waals surface area (Å²) >= 11 is 0. The average Bonchev–Trinajstić information content (AvgIpc) is 2.69. The van der Waals surface area contributed by atoms with Crippen LogP contribution >= 0.6 is 0 Å². The van der Waals surface area contributed by atoms with Gasteiger partial charge in [0.05, 0.1) is 16.9 Å². The first-order chi connectivity index (χ1) is 13.1. The highest BCUT2D eigenvalue weighted by Gasteiger charge is 2.11. The Morgan fingerprint density at radius 3 is 2.30 bits per heavy atom. The number of hydrogen-bond donors (Lipinski definition) is 2. The number of carbonyl (C=O) groups is 2. The molecule has 0 radical (unpaired) electrons. The van der Waals surface area contributed by atoms with Crippen molar-refractivity contribution in [2.75, 3.05) is 10.6 Å². The van der Waals surface area contributed by atoms with Crippen LogP contribution in [0.4, 0.5) is 15.8 Å². The van der Waals surface area contributed by atoms with Crippen molar-refractivity contribution in [3.8, 4) is 0 Å². The number of nitrogens with one attached hydrogen (secondary N) is 2. The average molecular weight is 363 g/mol. The second-order valence-corrected chi connectivity index (χ2v) is 5.88. The molecule has 2 N–H and O–H groups in total. The minimum atomic E-state index is -0.325. The second-order valence-electron chi connectivity index (χ2n) is 5.88. The molecule has 0 aliphatic heterocycles. The van der Waals surface area contributed by atoms with Crippen molar-refractivity contribution >= 4 is 23.2 Å². The molecule has 0 fully saturated rings. The molecule has 27 heavy (non-hydrogen) atoms. The van der Waals surface area contributed by atoms with Crippen LogP contribution in [0.5, 0.6) is 0 Å². The van der Waals surface area contributed by atoms with Gasteiger partial charge in [0.25, 0.3) is 5.91 Å². The summed E-state index contributed by atoms with van der Waals surface area (Å²) in [5.41, 5.74) is 1.86. The summed E-state index contributed by atoms with van der Waals surface area (Å²) in [4.78, 5) is 28.5. The number of pyridine rings is 1. The van der Waals surface area contributed by atoms with E-state index in [1.54, 1.807) is 60.8 Å². The zero-order chi connectivity index (χ0) is 19.1. The van der Waals surface area contributed by atoms with Gasteiger partial charge in [-0.2, -0.15) is 0 Å². The minimum Gasteiger partial charge on any atom is -0.324 e. The van der Waals surface area contributed by atoms with E-state index >= 15 is 0 Å². The zero-order valence-corrected chi connectivity index (χ0v) is 14.5. The summed E-state index contributed by atoms with van der Waals surface area (Å²) in [5.74, 6) is -0.910. The van der Waals surface area contributed by atoms with Crippen molar-refractivity contribution in [2.24, 2.45) is 0 Å². The lowest BCUT2D eigenvalue weighted by Gasteiger charge is -2.12. The fraction of sp³-hybridized carbons (Fsp3) is 0.0952. The lowest BCUT2D eigenvalue weighted by Crippen LogP contribution is -2.17. The number of benzene rings is 2. The number of nitrogens with zero attached hydrogens (tertiary/aromatic N) is 1. The van der Waals surface area contributed by atoms with E-state index in [9.17, 15) is 14.0 Å². The van der Waals surface area contributed by atoms with Crippen molar-refractivity contribution in [3.05, 3.63) is 90.0 Å². The fourth-order valence-electron chi connectivity index (χ4n) is 2.55. The molecule has 0 spiro atoms. The fourth-order valence-corrected chi connectivity index (χ4v) is 2.55. The van der Waals surface area contributed by atoms with Crippen LogP contribution in [0.15, 0.2) is 73.1 Å². The maximum absolute atomic E-state index is 13.7. The summed E-state index contributed by atoms with van der Waals surface area (Å²) in [6, 6.07) is 16.6. The predicted molar refractivity (Wildman–Crippen MR) is 102 cm³/mol. The molecule has 0 unspecified atom stereocenters. The maximum atomic E-state index is 13.7. The summed E-state index contributed by atoms with van der Waals surface area (Å²) in [6.45, 7) is 0. The van der Waals surface area contributed by atoms with Crippen molar-refractivity contribution in [1.82, 2.24) is 4.98 Å². The summed E-state index contributed by atoms with van der Waals surface area (Å²) in [6.07, 6.45) is 3.47. The Hall–Kier alpha value is -3.54. The number of aromatic nitrogens is 1. The molecule has 0 atom stereocenters. The van der Waals surface area contributed by atoms with Gasteiger partial charge in [0.15, 0.2) is 0 Å². The molecule has 1 aromatic heterocycles. The Labute approximate surface area is 156 Å². The van der Waals surface area contributed by atoms with Gasteiger partial charge < -0.3 is 10.6 Å². The Morgan fingerprint density at radius 1 is 0.889 bits per heavy atom. The highest BCUT2D eigenvalue weighted by molar-refractivity contribution is 6.07. The van der Waals surface area contributed by atoms with Gasteiger partial charge in [0, 0.05) is 18.8 Å². The Bertz CT molecular complexity index is 945. The van der Waals surface area contributed by atoms with Gasteiger partial charge in [0.2, 0.25) is 5.91 Å². The number of aryl methyl sites for hydroxylation is 1. The normalized spacial score (nSPS) is 10.3. The smallest absolute Gasteiger partial charge is 0.257 e. The summed E-state index contributed by atoms with van der Waals surface area (Å²) < 4.78 is 13.7. The first-order valence-corrected chi connectivity index (χ1v) is 8.47. The number of hydrogen-bond acceptors (Lipinski definition) is 3.